The van der Waals surface area contributed by atoms with Crippen molar-refractivity contribution in [1.82, 2.24) is 4.90 Å². The van der Waals surface area contributed by atoms with Gasteiger partial charge in [-0.3, -0.25) is 0 Å². The van der Waals surface area contributed by atoms with E-state index < -0.39 is 5.60 Å². The molecule has 0 aliphatic carbocycles. The normalized spacial score (nSPS) is 21.9. The summed E-state index contributed by atoms with van der Waals surface area (Å²) < 4.78 is 5.97. The van der Waals surface area contributed by atoms with Crippen LogP contribution in [0.2, 0.25) is 0 Å². The maximum absolute atomic E-state index is 12.7. The highest BCUT2D eigenvalue weighted by Gasteiger charge is 2.42. The van der Waals surface area contributed by atoms with E-state index in [9.17, 15) is 4.79 Å². The van der Waals surface area contributed by atoms with Gasteiger partial charge in [0.15, 0.2) is 0 Å². The van der Waals surface area contributed by atoms with Crippen molar-refractivity contribution in [3.8, 4) is 0 Å². The van der Waals surface area contributed by atoms with Gasteiger partial charge in [0.1, 0.15) is 5.60 Å². The van der Waals surface area contributed by atoms with Crippen molar-refractivity contribution in [2.24, 2.45) is 0 Å². The number of carbonyl (C=O) groups is 1. The van der Waals surface area contributed by atoms with Crippen LogP contribution in [0.4, 0.5) is 4.79 Å². The zero-order valence-corrected chi connectivity index (χ0v) is 14.0. The first kappa shape index (κ1) is 16.3. The molecule has 3 rings (SSSR count). The van der Waals surface area contributed by atoms with Crippen LogP contribution < -0.4 is 0 Å². The van der Waals surface area contributed by atoms with Crippen LogP contribution in [-0.4, -0.2) is 17.5 Å². The molecule has 2 aromatic rings. The summed E-state index contributed by atoms with van der Waals surface area (Å²) in [6.45, 7) is 6.55. The van der Waals surface area contributed by atoms with Crippen molar-refractivity contribution < 1.29 is 9.53 Å². The molecule has 0 N–H and O–H groups in total. The molecule has 0 spiro atoms. The lowest BCUT2D eigenvalue weighted by Crippen LogP contribution is -2.48. The van der Waals surface area contributed by atoms with Crippen molar-refractivity contribution in [2.75, 3.05) is 6.54 Å². The van der Waals surface area contributed by atoms with E-state index in [2.05, 4.69) is 6.58 Å². The van der Waals surface area contributed by atoms with Gasteiger partial charge in [-0.15, -0.1) is 6.58 Å². The molecule has 0 saturated carbocycles. The Labute approximate surface area is 143 Å². The van der Waals surface area contributed by atoms with E-state index in [4.69, 9.17) is 4.74 Å². The van der Waals surface area contributed by atoms with Gasteiger partial charge in [0.05, 0.1) is 6.04 Å². The molecule has 1 aliphatic heterocycles. The van der Waals surface area contributed by atoms with E-state index in [1.807, 2.05) is 73.7 Å². The molecule has 1 aliphatic rings. The van der Waals surface area contributed by atoms with Gasteiger partial charge in [0, 0.05) is 19.4 Å². The molecule has 0 radical (unpaired) electrons. The lowest BCUT2D eigenvalue weighted by Gasteiger charge is -2.43. The average Bonchev–Trinajstić information content (AvgIpc) is 2.63. The van der Waals surface area contributed by atoms with Gasteiger partial charge < -0.3 is 9.64 Å². The fraction of sp³-hybridized carbons (Fsp3) is 0.286. The van der Waals surface area contributed by atoms with Crippen LogP contribution in [0.3, 0.4) is 0 Å². The molecular formula is C21H23NO2. The number of nitrogens with zero attached hydrogens (tertiary/aromatic N) is 1. The molecule has 24 heavy (non-hydrogen) atoms. The predicted octanol–water partition coefficient (Wildman–Crippen LogP) is 5.06. The summed E-state index contributed by atoms with van der Waals surface area (Å²) in [5.41, 5.74) is 1.54. The number of cyclic esters (lactones) is 1. The molecule has 1 amide bonds. The monoisotopic (exact) mass is 321 g/mol. The Balaban J connectivity index is 1.83. The number of benzene rings is 2. The fourth-order valence-corrected chi connectivity index (χ4v) is 3.37. The van der Waals surface area contributed by atoms with Gasteiger partial charge in [-0.25, -0.2) is 4.79 Å². The Morgan fingerprint density at radius 3 is 2.38 bits per heavy atom. The average molecular weight is 321 g/mol. The van der Waals surface area contributed by atoms with Crippen molar-refractivity contribution in [3.63, 3.8) is 0 Å². The Morgan fingerprint density at radius 1 is 1.17 bits per heavy atom. The molecule has 124 valence electrons. The molecular weight excluding hydrogens is 298 g/mol. The minimum absolute atomic E-state index is 0.00351. The third-order valence-corrected chi connectivity index (χ3v) is 4.80. The quantitative estimate of drug-likeness (QED) is 0.720. The van der Waals surface area contributed by atoms with Crippen molar-refractivity contribution >= 4 is 6.09 Å². The zero-order chi connectivity index (χ0) is 17.0. The SMILES string of the molecule is C=CCC1(c2ccccc2)CCN(C(C)c2ccccc2)C(=O)O1. The lowest BCUT2D eigenvalue weighted by molar-refractivity contribution is -0.0588. The number of amides is 1. The Kier molecular flexibility index (Phi) is 4.70. The third kappa shape index (κ3) is 3.07. The maximum Gasteiger partial charge on any atom is 0.411 e. The highest BCUT2D eigenvalue weighted by molar-refractivity contribution is 5.70. The van der Waals surface area contributed by atoms with Crippen LogP contribution in [-0.2, 0) is 10.3 Å². The van der Waals surface area contributed by atoms with E-state index in [0.29, 0.717) is 13.0 Å². The maximum atomic E-state index is 12.7. The number of hydrogen-bond acceptors (Lipinski definition) is 2. The summed E-state index contributed by atoms with van der Waals surface area (Å²) in [5, 5.41) is 0. The highest BCUT2D eigenvalue weighted by Crippen LogP contribution is 2.39. The second-order valence-electron chi connectivity index (χ2n) is 6.25. The van der Waals surface area contributed by atoms with Crippen molar-refractivity contribution in [2.45, 2.75) is 31.4 Å². The molecule has 1 fully saturated rings. The van der Waals surface area contributed by atoms with Crippen molar-refractivity contribution in [1.29, 1.82) is 0 Å². The molecule has 0 aromatic heterocycles. The largest absolute Gasteiger partial charge is 0.437 e. The zero-order valence-electron chi connectivity index (χ0n) is 14.0. The van der Waals surface area contributed by atoms with Gasteiger partial charge in [0.25, 0.3) is 0 Å². The number of carbonyl (C=O) groups excluding carboxylic acids is 1. The minimum Gasteiger partial charge on any atom is -0.437 e. The Morgan fingerprint density at radius 2 is 1.79 bits per heavy atom. The first-order valence-electron chi connectivity index (χ1n) is 8.37. The third-order valence-electron chi connectivity index (χ3n) is 4.80. The molecule has 3 nitrogen and oxygen atoms in total. The summed E-state index contributed by atoms with van der Waals surface area (Å²) in [4.78, 5) is 14.5. The smallest absolute Gasteiger partial charge is 0.411 e. The highest BCUT2D eigenvalue weighted by atomic mass is 16.6. The van der Waals surface area contributed by atoms with Crippen LogP contribution in [0.25, 0.3) is 0 Å². The predicted molar refractivity (Wildman–Crippen MR) is 95.6 cm³/mol. The fourth-order valence-electron chi connectivity index (χ4n) is 3.37. The first-order valence-corrected chi connectivity index (χ1v) is 8.37. The number of ether oxygens (including phenoxy) is 1. The lowest BCUT2D eigenvalue weighted by atomic mass is 9.85. The van der Waals surface area contributed by atoms with Gasteiger partial charge >= 0.3 is 6.09 Å². The molecule has 2 atom stereocenters. The number of hydrogen-bond donors (Lipinski definition) is 0. The Bertz CT molecular complexity index is 698. The van der Waals surface area contributed by atoms with E-state index in [1.54, 1.807) is 4.90 Å². The summed E-state index contributed by atoms with van der Waals surface area (Å²) in [6.07, 6.45) is 2.95. The molecule has 3 heteroatoms. The van der Waals surface area contributed by atoms with E-state index in [0.717, 1.165) is 17.5 Å². The van der Waals surface area contributed by atoms with Crippen molar-refractivity contribution in [3.05, 3.63) is 84.4 Å². The molecule has 2 unspecified atom stereocenters. The van der Waals surface area contributed by atoms with E-state index in [1.165, 1.54) is 0 Å². The summed E-state index contributed by atoms with van der Waals surface area (Å²) in [5.74, 6) is 0. The summed E-state index contributed by atoms with van der Waals surface area (Å²) >= 11 is 0. The molecule has 2 aromatic carbocycles. The van der Waals surface area contributed by atoms with Gasteiger partial charge in [0.2, 0.25) is 0 Å². The van der Waals surface area contributed by atoms with Crippen LogP contribution in [0, 0.1) is 0 Å². The van der Waals surface area contributed by atoms with Crippen LogP contribution in [0.1, 0.15) is 36.9 Å². The van der Waals surface area contributed by atoms with E-state index >= 15 is 0 Å². The van der Waals surface area contributed by atoms with Gasteiger partial charge in [-0.1, -0.05) is 66.7 Å². The second kappa shape index (κ2) is 6.91. The molecule has 0 bridgehead atoms. The molecule has 1 heterocycles. The summed E-state index contributed by atoms with van der Waals surface area (Å²) in [6, 6.07) is 20.0. The standard InChI is InChI=1S/C21H23NO2/c1-3-14-21(19-12-8-5-9-13-19)15-16-22(20(23)24-21)17(2)18-10-6-4-7-11-18/h3-13,17H,1,14-16H2,2H3. The van der Waals surface area contributed by atoms with Crippen LogP contribution in [0.15, 0.2) is 73.3 Å². The first-order chi connectivity index (χ1) is 11.7. The van der Waals surface area contributed by atoms with E-state index in [-0.39, 0.29) is 12.1 Å². The summed E-state index contributed by atoms with van der Waals surface area (Å²) in [7, 11) is 0. The second-order valence-corrected chi connectivity index (χ2v) is 6.25. The number of rotatable bonds is 5. The van der Waals surface area contributed by atoms with Gasteiger partial charge in [-0.2, -0.15) is 0 Å². The van der Waals surface area contributed by atoms with Crippen LogP contribution in [0.5, 0.6) is 0 Å². The molecule has 1 saturated heterocycles. The topological polar surface area (TPSA) is 29.5 Å². The Hall–Kier alpha value is -2.55. The minimum atomic E-state index is -0.604. The van der Waals surface area contributed by atoms with Crippen LogP contribution >= 0.6 is 0 Å². The van der Waals surface area contributed by atoms with Gasteiger partial charge in [-0.05, 0) is 18.1 Å².